The third kappa shape index (κ3) is 3.36. The van der Waals surface area contributed by atoms with Crippen molar-refractivity contribution < 1.29 is 9.59 Å². The summed E-state index contributed by atoms with van der Waals surface area (Å²) in [6.07, 6.45) is 5.48. The first-order valence-corrected chi connectivity index (χ1v) is 10.5. The molecule has 150 valence electrons. The molecule has 0 unspecified atom stereocenters. The molecule has 5 nitrogen and oxygen atoms in total. The van der Waals surface area contributed by atoms with E-state index in [4.69, 9.17) is 0 Å². The zero-order valence-corrected chi connectivity index (χ0v) is 16.7. The molecule has 0 spiro atoms. The molecule has 3 aromatic rings. The monoisotopic (exact) mass is 397 g/mol. The minimum absolute atomic E-state index is 0.0203. The molecular formula is C25H23N3O2. The highest BCUT2D eigenvalue weighted by atomic mass is 16.2. The van der Waals surface area contributed by atoms with Crippen LogP contribution in [-0.2, 0) is 6.54 Å². The summed E-state index contributed by atoms with van der Waals surface area (Å²) < 4.78 is 0. The van der Waals surface area contributed by atoms with Crippen molar-refractivity contribution in [2.75, 3.05) is 4.90 Å². The van der Waals surface area contributed by atoms with Gasteiger partial charge in [0.1, 0.15) is 0 Å². The maximum atomic E-state index is 12.9. The molecule has 30 heavy (non-hydrogen) atoms. The molecule has 1 aliphatic heterocycles. The first-order chi connectivity index (χ1) is 14.7. The Labute approximate surface area is 175 Å². The SMILES string of the molecule is O=C(NN=C1CCCCC1)c1ccc(CN2C(=O)c3cccc4cccc2c34)cc1. The van der Waals surface area contributed by atoms with Crippen LogP contribution in [0.15, 0.2) is 65.8 Å². The average Bonchev–Trinajstić information content (AvgIpc) is 3.07. The van der Waals surface area contributed by atoms with Gasteiger partial charge in [-0.25, -0.2) is 5.43 Å². The number of hydrazone groups is 1. The van der Waals surface area contributed by atoms with Crippen LogP contribution in [0.4, 0.5) is 5.69 Å². The fourth-order valence-electron chi connectivity index (χ4n) is 4.35. The minimum atomic E-state index is -0.200. The van der Waals surface area contributed by atoms with Gasteiger partial charge in [0.15, 0.2) is 0 Å². The summed E-state index contributed by atoms with van der Waals surface area (Å²) in [5.41, 5.74) is 6.99. The summed E-state index contributed by atoms with van der Waals surface area (Å²) in [7, 11) is 0. The first kappa shape index (κ1) is 18.6. The Morgan fingerprint density at radius 1 is 0.933 bits per heavy atom. The molecule has 1 heterocycles. The largest absolute Gasteiger partial charge is 0.303 e. The Hall–Kier alpha value is -3.47. The quantitative estimate of drug-likeness (QED) is 0.626. The number of amides is 2. The molecule has 5 heteroatoms. The fourth-order valence-corrected chi connectivity index (χ4v) is 4.35. The summed E-state index contributed by atoms with van der Waals surface area (Å²) in [5.74, 6) is -0.180. The van der Waals surface area contributed by atoms with Gasteiger partial charge in [-0.2, -0.15) is 5.10 Å². The third-order valence-electron chi connectivity index (χ3n) is 5.95. The molecule has 1 aliphatic carbocycles. The Balaban J connectivity index is 1.31. The van der Waals surface area contributed by atoms with Gasteiger partial charge < -0.3 is 4.90 Å². The second kappa shape index (κ2) is 7.75. The molecule has 1 saturated carbocycles. The maximum Gasteiger partial charge on any atom is 0.271 e. The van der Waals surface area contributed by atoms with E-state index < -0.39 is 0 Å². The summed E-state index contributed by atoms with van der Waals surface area (Å²) in [6, 6.07) is 19.2. The number of rotatable bonds is 4. The van der Waals surface area contributed by atoms with E-state index in [0.717, 1.165) is 59.0 Å². The number of hydrogen-bond donors (Lipinski definition) is 1. The lowest BCUT2D eigenvalue weighted by atomic mass is 9.99. The molecule has 3 aromatic carbocycles. The Morgan fingerprint density at radius 2 is 1.67 bits per heavy atom. The predicted octanol–water partition coefficient (Wildman–Crippen LogP) is 5.05. The molecule has 2 aliphatic rings. The summed E-state index contributed by atoms with van der Waals surface area (Å²) in [4.78, 5) is 27.1. The van der Waals surface area contributed by atoms with Gasteiger partial charge in [0.05, 0.1) is 12.2 Å². The van der Waals surface area contributed by atoms with Crippen LogP contribution in [0.3, 0.4) is 0 Å². The van der Waals surface area contributed by atoms with E-state index in [0.29, 0.717) is 12.1 Å². The highest BCUT2D eigenvalue weighted by molar-refractivity contribution is 6.24. The smallest absolute Gasteiger partial charge is 0.271 e. The lowest BCUT2D eigenvalue weighted by Gasteiger charge is -2.18. The standard InChI is InChI=1S/C25H23N3O2/c29-24(27-26-20-8-2-1-3-9-20)19-14-12-17(13-15-19)16-28-22-11-5-7-18-6-4-10-21(23(18)22)25(28)30/h4-7,10-15H,1-3,8-9,16H2,(H,27,29). The Bertz CT molecular complexity index is 1150. The number of benzene rings is 3. The number of nitrogens with zero attached hydrogens (tertiary/aromatic N) is 2. The first-order valence-electron chi connectivity index (χ1n) is 10.5. The lowest BCUT2D eigenvalue weighted by Crippen LogP contribution is -2.26. The molecule has 0 bridgehead atoms. The summed E-state index contributed by atoms with van der Waals surface area (Å²) >= 11 is 0. The van der Waals surface area contributed by atoms with Gasteiger partial charge in [0, 0.05) is 22.2 Å². The van der Waals surface area contributed by atoms with Gasteiger partial charge in [-0.05, 0) is 60.9 Å². The summed E-state index contributed by atoms with van der Waals surface area (Å²) in [5, 5.41) is 6.38. The molecule has 1 fully saturated rings. The normalized spacial score (nSPS) is 15.5. The lowest BCUT2D eigenvalue weighted by molar-refractivity contribution is 0.0952. The minimum Gasteiger partial charge on any atom is -0.303 e. The van der Waals surface area contributed by atoms with Crippen molar-refractivity contribution in [3.05, 3.63) is 77.4 Å². The summed E-state index contributed by atoms with van der Waals surface area (Å²) in [6.45, 7) is 0.469. The van der Waals surface area contributed by atoms with E-state index in [-0.39, 0.29) is 11.8 Å². The van der Waals surface area contributed by atoms with E-state index in [2.05, 4.69) is 10.5 Å². The third-order valence-corrected chi connectivity index (χ3v) is 5.95. The Morgan fingerprint density at radius 3 is 2.43 bits per heavy atom. The number of hydrogen-bond acceptors (Lipinski definition) is 3. The highest BCUT2D eigenvalue weighted by Gasteiger charge is 2.29. The number of nitrogens with one attached hydrogen (secondary N) is 1. The zero-order valence-electron chi connectivity index (χ0n) is 16.7. The van der Waals surface area contributed by atoms with Gasteiger partial charge in [-0.15, -0.1) is 0 Å². The van der Waals surface area contributed by atoms with Crippen molar-refractivity contribution >= 4 is 34.0 Å². The van der Waals surface area contributed by atoms with E-state index in [1.807, 2.05) is 53.4 Å². The molecule has 0 saturated heterocycles. The van der Waals surface area contributed by atoms with Crippen molar-refractivity contribution in [2.24, 2.45) is 5.10 Å². The average molecular weight is 397 g/mol. The van der Waals surface area contributed by atoms with Crippen LogP contribution in [0.5, 0.6) is 0 Å². The van der Waals surface area contributed by atoms with Crippen LogP contribution in [0.2, 0.25) is 0 Å². The Kier molecular flexibility index (Phi) is 4.79. The number of carbonyl (C=O) groups is 2. The molecule has 0 aromatic heterocycles. The highest BCUT2D eigenvalue weighted by Crippen LogP contribution is 2.37. The molecule has 5 rings (SSSR count). The molecule has 2 amide bonds. The van der Waals surface area contributed by atoms with Crippen molar-refractivity contribution in [1.29, 1.82) is 0 Å². The second-order valence-electron chi connectivity index (χ2n) is 7.95. The van der Waals surface area contributed by atoms with Crippen molar-refractivity contribution in [3.8, 4) is 0 Å². The van der Waals surface area contributed by atoms with Crippen LogP contribution in [0.1, 0.15) is 58.4 Å². The van der Waals surface area contributed by atoms with E-state index in [1.54, 1.807) is 12.1 Å². The van der Waals surface area contributed by atoms with Gasteiger partial charge in [-0.3, -0.25) is 9.59 Å². The van der Waals surface area contributed by atoms with Gasteiger partial charge in [0.2, 0.25) is 0 Å². The van der Waals surface area contributed by atoms with Crippen LogP contribution >= 0.6 is 0 Å². The van der Waals surface area contributed by atoms with Crippen molar-refractivity contribution in [1.82, 2.24) is 5.43 Å². The van der Waals surface area contributed by atoms with E-state index >= 15 is 0 Å². The number of anilines is 1. The van der Waals surface area contributed by atoms with Crippen molar-refractivity contribution in [3.63, 3.8) is 0 Å². The zero-order chi connectivity index (χ0) is 20.5. The molecule has 1 N–H and O–H groups in total. The van der Waals surface area contributed by atoms with Gasteiger partial charge in [0.25, 0.3) is 11.8 Å². The molecule has 0 atom stereocenters. The van der Waals surface area contributed by atoms with Crippen LogP contribution < -0.4 is 10.3 Å². The van der Waals surface area contributed by atoms with Crippen LogP contribution in [0, 0.1) is 0 Å². The maximum absolute atomic E-state index is 12.9. The van der Waals surface area contributed by atoms with Gasteiger partial charge in [-0.1, -0.05) is 42.8 Å². The number of carbonyl (C=O) groups excluding carboxylic acids is 2. The van der Waals surface area contributed by atoms with Crippen LogP contribution in [0.25, 0.3) is 10.8 Å². The van der Waals surface area contributed by atoms with Crippen LogP contribution in [-0.4, -0.2) is 17.5 Å². The second-order valence-corrected chi connectivity index (χ2v) is 7.95. The van der Waals surface area contributed by atoms with E-state index in [1.165, 1.54) is 6.42 Å². The predicted molar refractivity (Wildman–Crippen MR) is 119 cm³/mol. The topological polar surface area (TPSA) is 61.8 Å². The molecular weight excluding hydrogens is 374 g/mol. The van der Waals surface area contributed by atoms with Gasteiger partial charge >= 0.3 is 0 Å². The molecule has 0 radical (unpaired) electrons. The van der Waals surface area contributed by atoms with Crippen molar-refractivity contribution in [2.45, 2.75) is 38.6 Å². The van der Waals surface area contributed by atoms with E-state index in [9.17, 15) is 9.59 Å². The fraction of sp³-hybridized carbons (Fsp3) is 0.240.